The predicted octanol–water partition coefficient (Wildman–Crippen LogP) is 3.82. The number of nitrogens with zero attached hydrogens (tertiary/aromatic N) is 1. The molecule has 0 atom stereocenters. The monoisotopic (exact) mass is 345 g/mol. The smallest absolute Gasteiger partial charge is 0.412 e. The van der Waals surface area contributed by atoms with Crippen molar-refractivity contribution in [1.29, 1.82) is 0 Å². The molecule has 0 aliphatic heterocycles. The van der Waals surface area contributed by atoms with Crippen LogP contribution in [-0.2, 0) is 16.0 Å². The van der Waals surface area contributed by atoms with E-state index in [1.165, 1.54) is 0 Å². The fourth-order valence-electron chi connectivity index (χ4n) is 2.22. The number of anilines is 2. The Morgan fingerprint density at radius 3 is 2.24 bits per heavy atom. The SMILES string of the molecule is Cc1noc(C)c1CC(=O)Nc1ccccc1NC(=O)OC(C)(C)C. The minimum absolute atomic E-state index is 0.141. The molecule has 1 aromatic carbocycles. The van der Waals surface area contributed by atoms with E-state index in [0.29, 0.717) is 22.8 Å². The molecule has 25 heavy (non-hydrogen) atoms. The lowest BCUT2D eigenvalue weighted by Gasteiger charge is -2.20. The Kier molecular flexibility index (Phi) is 5.46. The minimum Gasteiger partial charge on any atom is -0.444 e. The van der Waals surface area contributed by atoms with Gasteiger partial charge in [0.1, 0.15) is 11.4 Å². The zero-order chi connectivity index (χ0) is 18.6. The average molecular weight is 345 g/mol. The van der Waals surface area contributed by atoms with E-state index in [4.69, 9.17) is 9.26 Å². The highest BCUT2D eigenvalue weighted by atomic mass is 16.6. The van der Waals surface area contributed by atoms with Crippen LogP contribution in [-0.4, -0.2) is 22.8 Å². The summed E-state index contributed by atoms with van der Waals surface area (Å²) in [6.45, 7) is 8.90. The summed E-state index contributed by atoms with van der Waals surface area (Å²) in [7, 11) is 0. The molecule has 0 fully saturated rings. The average Bonchev–Trinajstić information content (AvgIpc) is 2.79. The fraction of sp³-hybridized carbons (Fsp3) is 0.389. The first-order chi connectivity index (χ1) is 11.7. The molecule has 1 heterocycles. The largest absolute Gasteiger partial charge is 0.444 e. The number of aromatic nitrogens is 1. The minimum atomic E-state index is -0.606. The first-order valence-corrected chi connectivity index (χ1v) is 7.96. The van der Waals surface area contributed by atoms with E-state index in [1.54, 1.807) is 58.9 Å². The fourth-order valence-corrected chi connectivity index (χ4v) is 2.22. The van der Waals surface area contributed by atoms with E-state index in [9.17, 15) is 9.59 Å². The molecular formula is C18H23N3O4. The molecule has 0 aliphatic rings. The van der Waals surface area contributed by atoms with Crippen LogP contribution in [0.5, 0.6) is 0 Å². The molecule has 0 radical (unpaired) electrons. The zero-order valence-corrected chi connectivity index (χ0v) is 15.1. The van der Waals surface area contributed by atoms with Crippen LogP contribution in [0.2, 0.25) is 0 Å². The van der Waals surface area contributed by atoms with Crippen molar-refractivity contribution in [1.82, 2.24) is 5.16 Å². The molecule has 2 amide bonds. The van der Waals surface area contributed by atoms with E-state index < -0.39 is 11.7 Å². The third-order valence-corrected chi connectivity index (χ3v) is 3.36. The lowest BCUT2D eigenvalue weighted by molar-refractivity contribution is -0.115. The van der Waals surface area contributed by atoms with Crippen molar-refractivity contribution in [3.8, 4) is 0 Å². The van der Waals surface area contributed by atoms with Gasteiger partial charge in [-0.05, 0) is 46.8 Å². The predicted molar refractivity (Wildman–Crippen MR) is 94.6 cm³/mol. The highest BCUT2D eigenvalue weighted by Gasteiger charge is 2.18. The van der Waals surface area contributed by atoms with Gasteiger partial charge in [-0.3, -0.25) is 10.1 Å². The lowest BCUT2D eigenvalue weighted by Crippen LogP contribution is -2.27. The van der Waals surface area contributed by atoms with Crippen molar-refractivity contribution in [2.75, 3.05) is 10.6 Å². The first-order valence-electron chi connectivity index (χ1n) is 7.96. The molecule has 7 nitrogen and oxygen atoms in total. The summed E-state index contributed by atoms with van der Waals surface area (Å²) in [6.07, 6.45) is -0.443. The summed E-state index contributed by atoms with van der Waals surface area (Å²) in [6, 6.07) is 6.93. The normalized spacial score (nSPS) is 11.1. The number of aryl methyl sites for hydroxylation is 2. The summed E-state index contributed by atoms with van der Waals surface area (Å²) in [4.78, 5) is 24.3. The maximum atomic E-state index is 12.3. The van der Waals surface area contributed by atoms with E-state index in [0.717, 1.165) is 5.56 Å². The molecule has 0 saturated heterocycles. The van der Waals surface area contributed by atoms with Crippen molar-refractivity contribution in [3.63, 3.8) is 0 Å². The van der Waals surface area contributed by atoms with Gasteiger partial charge in [0, 0.05) is 5.56 Å². The van der Waals surface area contributed by atoms with Crippen LogP contribution < -0.4 is 10.6 Å². The molecule has 2 rings (SSSR count). The number of rotatable bonds is 4. The Morgan fingerprint density at radius 1 is 1.12 bits per heavy atom. The molecule has 0 bridgehead atoms. The molecule has 2 aromatic rings. The second-order valence-electron chi connectivity index (χ2n) is 6.70. The molecule has 0 saturated carbocycles. The van der Waals surface area contributed by atoms with Crippen LogP contribution in [0.4, 0.5) is 16.2 Å². The summed E-state index contributed by atoms with van der Waals surface area (Å²) >= 11 is 0. The van der Waals surface area contributed by atoms with Crippen LogP contribution in [0, 0.1) is 13.8 Å². The van der Waals surface area contributed by atoms with Crippen molar-refractivity contribution >= 4 is 23.4 Å². The van der Waals surface area contributed by atoms with E-state index >= 15 is 0 Å². The number of benzene rings is 1. The van der Waals surface area contributed by atoms with Crippen LogP contribution in [0.25, 0.3) is 0 Å². The first kappa shape index (κ1) is 18.5. The van der Waals surface area contributed by atoms with E-state index in [1.807, 2.05) is 0 Å². The van der Waals surface area contributed by atoms with Gasteiger partial charge >= 0.3 is 6.09 Å². The Bertz CT molecular complexity index is 755. The molecule has 7 heteroatoms. The van der Waals surface area contributed by atoms with Crippen molar-refractivity contribution in [2.45, 2.75) is 46.6 Å². The van der Waals surface area contributed by atoms with E-state index in [-0.39, 0.29) is 12.3 Å². The van der Waals surface area contributed by atoms with Gasteiger partial charge in [0.2, 0.25) is 5.91 Å². The lowest BCUT2D eigenvalue weighted by atomic mass is 10.1. The zero-order valence-electron chi connectivity index (χ0n) is 15.1. The number of nitrogens with one attached hydrogen (secondary N) is 2. The molecule has 0 spiro atoms. The quantitative estimate of drug-likeness (QED) is 0.878. The second kappa shape index (κ2) is 7.38. The number of hydrogen-bond donors (Lipinski definition) is 2. The Labute approximate surface area is 146 Å². The molecule has 0 aliphatic carbocycles. The van der Waals surface area contributed by atoms with Crippen molar-refractivity contribution < 1.29 is 18.8 Å². The van der Waals surface area contributed by atoms with Gasteiger partial charge in [-0.1, -0.05) is 17.3 Å². The number of para-hydroxylation sites is 2. The van der Waals surface area contributed by atoms with Gasteiger partial charge in [-0.15, -0.1) is 0 Å². The summed E-state index contributed by atoms with van der Waals surface area (Å²) in [5.74, 6) is 0.389. The molecule has 134 valence electrons. The highest BCUT2D eigenvalue weighted by molar-refractivity contribution is 5.98. The maximum absolute atomic E-state index is 12.3. The van der Waals surface area contributed by atoms with Crippen LogP contribution in [0.3, 0.4) is 0 Å². The summed E-state index contributed by atoms with van der Waals surface area (Å²) in [5.41, 5.74) is 1.79. The topological polar surface area (TPSA) is 93.5 Å². The molecule has 2 N–H and O–H groups in total. The molecule has 0 unspecified atom stereocenters. The van der Waals surface area contributed by atoms with Gasteiger partial charge < -0.3 is 14.6 Å². The van der Waals surface area contributed by atoms with Gasteiger partial charge in [-0.25, -0.2) is 4.79 Å². The number of ether oxygens (including phenoxy) is 1. The van der Waals surface area contributed by atoms with Crippen LogP contribution in [0.1, 0.15) is 37.8 Å². The maximum Gasteiger partial charge on any atom is 0.412 e. The Hall–Kier alpha value is -2.83. The third-order valence-electron chi connectivity index (χ3n) is 3.36. The number of hydrogen-bond acceptors (Lipinski definition) is 5. The van der Waals surface area contributed by atoms with Gasteiger partial charge in [0.05, 0.1) is 23.5 Å². The van der Waals surface area contributed by atoms with Gasteiger partial charge in [0.25, 0.3) is 0 Å². The third kappa shape index (κ3) is 5.34. The second-order valence-corrected chi connectivity index (χ2v) is 6.70. The number of carbonyl (C=O) groups is 2. The summed E-state index contributed by atoms with van der Waals surface area (Å²) in [5, 5.41) is 9.28. The van der Waals surface area contributed by atoms with Gasteiger partial charge in [0.15, 0.2) is 0 Å². The number of amides is 2. The Morgan fingerprint density at radius 2 is 1.72 bits per heavy atom. The van der Waals surface area contributed by atoms with Crippen molar-refractivity contribution in [3.05, 3.63) is 41.3 Å². The summed E-state index contributed by atoms with van der Waals surface area (Å²) < 4.78 is 10.3. The Balaban J connectivity index is 2.07. The van der Waals surface area contributed by atoms with Crippen LogP contribution >= 0.6 is 0 Å². The van der Waals surface area contributed by atoms with Crippen LogP contribution in [0.15, 0.2) is 28.8 Å². The van der Waals surface area contributed by atoms with Gasteiger partial charge in [-0.2, -0.15) is 0 Å². The van der Waals surface area contributed by atoms with Crippen molar-refractivity contribution in [2.24, 2.45) is 0 Å². The highest BCUT2D eigenvalue weighted by Crippen LogP contribution is 2.23. The molecular weight excluding hydrogens is 322 g/mol. The molecule has 1 aromatic heterocycles. The standard InChI is InChI=1S/C18H23N3O4/c1-11-13(12(2)25-21-11)10-16(22)19-14-8-6-7-9-15(14)20-17(23)24-18(3,4)5/h6-9H,10H2,1-5H3,(H,19,22)(H,20,23). The number of carbonyl (C=O) groups excluding carboxylic acids is 2. The van der Waals surface area contributed by atoms with E-state index in [2.05, 4.69) is 15.8 Å².